The number of carbonyl (C=O) groups excluding carboxylic acids is 1. The summed E-state index contributed by atoms with van der Waals surface area (Å²) in [5.74, 6) is 2.97. The van der Waals surface area contributed by atoms with Gasteiger partial charge in [0, 0.05) is 26.2 Å². The summed E-state index contributed by atoms with van der Waals surface area (Å²) in [6.07, 6.45) is 1.92. The molecule has 2 aromatic carbocycles. The van der Waals surface area contributed by atoms with Crippen LogP contribution in [0.2, 0.25) is 0 Å². The standard InChI is InChI=1S/C25H32N2O4/c1-4-11-26(2)25(28)17-27-16-20(14-22(27)18-5-8-21(29-3)9-6-18)19-7-10-23-24(15-19)31-13-12-30-23/h5-10,15,20,22H,4,11-14,16-17H2,1-3H3. The van der Waals surface area contributed by atoms with Gasteiger partial charge in [0.15, 0.2) is 11.5 Å². The molecule has 1 amide bonds. The van der Waals surface area contributed by atoms with E-state index in [0.29, 0.717) is 25.7 Å². The highest BCUT2D eigenvalue weighted by Gasteiger charge is 2.35. The number of likely N-dealkylation sites (tertiary alicyclic amines) is 1. The Morgan fingerprint density at radius 3 is 2.52 bits per heavy atom. The van der Waals surface area contributed by atoms with Crippen LogP contribution >= 0.6 is 0 Å². The van der Waals surface area contributed by atoms with E-state index in [-0.39, 0.29) is 11.9 Å². The van der Waals surface area contributed by atoms with Crippen molar-refractivity contribution in [2.45, 2.75) is 31.7 Å². The Hall–Kier alpha value is -2.73. The third kappa shape index (κ3) is 4.79. The third-order valence-electron chi connectivity index (χ3n) is 6.26. The molecule has 0 N–H and O–H groups in total. The molecular weight excluding hydrogens is 392 g/mol. The highest BCUT2D eigenvalue weighted by molar-refractivity contribution is 5.78. The Morgan fingerprint density at radius 2 is 1.81 bits per heavy atom. The maximum atomic E-state index is 12.8. The molecule has 2 unspecified atom stereocenters. The van der Waals surface area contributed by atoms with Crippen molar-refractivity contribution in [1.29, 1.82) is 0 Å². The van der Waals surface area contributed by atoms with Gasteiger partial charge >= 0.3 is 0 Å². The summed E-state index contributed by atoms with van der Waals surface area (Å²) in [6.45, 7) is 5.32. The molecular formula is C25H32N2O4. The summed E-state index contributed by atoms with van der Waals surface area (Å²) in [7, 11) is 3.57. The van der Waals surface area contributed by atoms with Crippen LogP contribution in [0.5, 0.6) is 17.2 Å². The van der Waals surface area contributed by atoms with E-state index in [1.54, 1.807) is 7.11 Å². The van der Waals surface area contributed by atoms with Crippen molar-refractivity contribution in [3.63, 3.8) is 0 Å². The van der Waals surface area contributed by atoms with E-state index in [9.17, 15) is 4.79 Å². The van der Waals surface area contributed by atoms with E-state index < -0.39 is 0 Å². The van der Waals surface area contributed by atoms with Gasteiger partial charge < -0.3 is 19.1 Å². The molecule has 2 aliphatic rings. The molecule has 1 saturated heterocycles. The molecule has 0 bridgehead atoms. The first-order chi connectivity index (χ1) is 15.1. The quantitative estimate of drug-likeness (QED) is 0.676. The normalized spacial score (nSPS) is 20.5. The summed E-state index contributed by atoms with van der Waals surface area (Å²) < 4.78 is 16.8. The van der Waals surface area contributed by atoms with Gasteiger partial charge in [0.25, 0.3) is 0 Å². The molecule has 0 saturated carbocycles. The number of likely N-dealkylation sites (N-methyl/N-ethyl adjacent to an activating group) is 1. The van der Waals surface area contributed by atoms with Gasteiger partial charge in [0.05, 0.1) is 13.7 Å². The minimum absolute atomic E-state index is 0.170. The van der Waals surface area contributed by atoms with Gasteiger partial charge in [0.1, 0.15) is 19.0 Å². The molecule has 0 aromatic heterocycles. The fourth-order valence-electron chi connectivity index (χ4n) is 4.56. The molecule has 6 heteroatoms. The van der Waals surface area contributed by atoms with E-state index in [1.807, 2.05) is 30.1 Å². The minimum atomic E-state index is 0.170. The Morgan fingerprint density at radius 1 is 1.10 bits per heavy atom. The number of rotatable bonds is 7. The van der Waals surface area contributed by atoms with Crippen LogP contribution in [0.15, 0.2) is 42.5 Å². The number of nitrogens with zero attached hydrogens (tertiary/aromatic N) is 2. The predicted molar refractivity (Wildman–Crippen MR) is 120 cm³/mol. The maximum Gasteiger partial charge on any atom is 0.236 e. The van der Waals surface area contributed by atoms with Crippen molar-refractivity contribution in [1.82, 2.24) is 9.80 Å². The molecule has 31 heavy (non-hydrogen) atoms. The maximum absolute atomic E-state index is 12.8. The second kappa shape index (κ2) is 9.60. The van der Waals surface area contributed by atoms with Crippen molar-refractivity contribution in [3.8, 4) is 17.2 Å². The van der Waals surface area contributed by atoms with Crippen molar-refractivity contribution < 1.29 is 19.0 Å². The third-order valence-corrected chi connectivity index (χ3v) is 6.26. The van der Waals surface area contributed by atoms with Gasteiger partial charge in [0.2, 0.25) is 5.91 Å². The SMILES string of the molecule is CCCN(C)C(=O)CN1CC(c2ccc3c(c2)OCCO3)CC1c1ccc(OC)cc1. The Kier molecular flexibility index (Phi) is 6.66. The number of hydrogen-bond acceptors (Lipinski definition) is 5. The molecule has 0 radical (unpaired) electrons. The van der Waals surface area contributed by atoms with Crippen LogP contribution in [-0.2, 0) is 4.79 Å². The van der Waals surface area contributed by atoms with E-state index in [1.165, 1.54) is 11.1 Å². The summed E-state index contributed by atoms with van der Waals surface area (Å²) in [5, 5.41) is 0. The molecule has 1 fully saturated rings. The Balaban J connectivity index is 1.57. The molecule has 4 rings (SSSR count). The average Bonchev–Trinajstić information content (AvgIpc) is 3.22. The largest absolute Gasteiger partial charge is 0.497 e. The highest BCUT2D eigenvalue weighted by Crippen LogP contribution is 2.43. The molecule has 2 heterocycles. The lowest BCUT2D eigenvalue weighted by Gasteiger charge is -2.26. The number of ether oxygens (including phenoxy) is 3. The topological polar surface area (TPSA) is 51.2 Å². The van der Waals surface area contributed by atoms with E-state index in [4.69, 9.17) is 14.2 Å². The average molecular weight is 425 g/mol. The number of amides is 1. The fourth-order valence-corrected chi connectivity index (χ4v) is 4.56. The molecule has 2 atom stereocenters. The van der Waals surface area contributed by atoms with Gasteiger partial charge in [-0.2, -0.15) is 0 Å². The molecule has 2 aromatic rings. The number of methoxy groups -OCH3 is 1. The lowest BCUT2D eigenvalue weighted by molar-refractivity contribution is -0.131. The number of carbonyl (C=O) groups is 1. The van der Waals surface area contributed by atoms with Gasteiger partial charge in [-0.15, -0.1) is 0 Å². The van der Waals surface area contributed by atoms with Crippen molar-refractivity contribution >= 4 is 5.91 Å². The van der Waals surface area contributed by atoms with Crippen LogP contribution in [0.1, 0.15) is 42.9 Å². The van der Waals surface area contributed by atoms with Crippen LogP contribution in [-0.4, -0.2) is 62.7 Å². The number of benzene rings is 2. The lowest BCUT2D eigenvalue weighted by atomic mass is 9.93. The minimum Gasteiger partial charge on any atom is -0.497 e. The summed E-state index contributed by atoms with van der Waals surface area (Å²) in [4.78, 5) is 17.0. The van der Waals surface area contributed by atoms with Crippen LogP contribution < -0.4 is 14.2 Å². The molecule has 166 valence electrons. The molecule has 0 spiro atoms. The number of hydrogen-bond donors (Lipinski definition) is 0. The van der Waals surface area contributed by atoms with E-state index >= 15 is 0 Å². The highest BCUT2D eigenvalue weighted by atomic mass is 16.6. The van der Waals surface area contributed by atoms with Crippen LogP contribution in [0, 0.1) is 0 Å². The predicted octanol–water partition coefficient (Wildman–Crippen LogP) is 3.87. The number of fused-ring (bicyclic) bond motifs is 1. The summed E-state index contributed by atoms with van der Waals surface area (Å²) >= 11 is 0. The monoisotopic (exact) mass is 424 g/mol. The van der Waals surface area contributed by atoms with Gasteiger partial charge in [-0.1, -0.05) is 25.1 Å². The molecule has 0 aliphatic carbocycles. The van der Waals surface area contributed by atoms with Crippen molar-refractivity contribution in [3.05, 3.63) is 53.6 Å². The second-order valence-electron chi connectivity index (χ2n) is 8.37. The first-order valence-corrected chi connectivity index (χ1v) is 11.1. The zero-order chi connectivity index (χ0) is 21.8. The second-order valence-corrected chi connectivity index (χ2v) is 8.37. The molecule has 2 aliphatic heterocycles. The lowest BCUT2D eigenvalue weighted by Crippen LogP contribution is -2.38. The smallest absolute Gasteiger partial charge is 0.236 e. The van der Waals surface area contributed by atoms with Gasteiger partial charge in [-0.25, -0.2) is 0 Å². The van der Waals surface area contributed by atoms with Crippen molar-refractivity contribution in [2.75, 3.05) is 47.0 Å². The van der Waals surface area contributed by atoms with E-state index in [2.05, 4.69) is 36.1 Å². The van der Waals surface area contributed by atoms with Crippen LogP contribution in [0.3, 0.4) is 0 Å². The van der Waals surface area contributed by atoms with E-state index in [0.717, 1.165) is 43.2 Å². The fraction of sp³-hybridized carbons (Fsp3) is 0.480. The first-order valence-electron chi connectivity index (χ1n) is 11.1. The zero-order valence-corrected chi connectivity index (χ0v) is 18.7. The summed E-state index contributed by atoms with van der Waals surface area (Å²) in [6, 6.07) is 14.7. The van der Waals surface area contributed by atoms with Crippen LogP contribution in [0.4, 0.5) is 0 Å². The first kappa shape index (κ1) is 21.5. The Bertz CT molecular complexity index is 899. The molecule has 6 nitrogen and oxygen atoms in total. The van der Waals surface area contributed by atoms with Gasteiger partial charge in [-0.3, -0.25) is 9.69 Å². The summed E-state index contributed by atoms with van der Waals surface area (Å²) in [5.41, 5.74) is 2.45. The van der Waals surface area contributed by atoms with Crippen molar-refractivity contribution in [2.24, 2.45) is 0 Å². The van der Waals surface area contributed by atoms with Gasteiger partial charge in [-0.05, 0) is 54.2 Å². The zero-order valence-electron chi connectivity index (χ0n) is 18.7. The Labute approximate surface area is 184 Å². The van der Waals surface area contributed by atoms with Crippen LogP contribution in [0.25, 0.3) is 0 Å².